The normalized spacial score (nSPS) is 9.83. The molecule has 0 spiro atoms. The summed E-state index contributed by atoms with van der Waals surface area (Å²) in [4.78, 5) is 10.8. The number of aromatic nitrogens is 2. The number of amides is 1. The number of carbonyl (C=O) groups excluding carboxylic acids is 1. The summed E-state index contributed by atoms with van der Waals surface area (Å²) < 4.78 is 0.837. The minimum atomic E-state index is -0.165. The molecule has 0 fully saturated rings. The number of thioether (sulfide) groups is 1. The van der Waals surface area contributed by atoms with Crippen molar-refractivity contribution in [1.29, 1.82) is 0 Å². The molecule has 7 heteroatoms. The van der Waals surface area contributed by atoms with E-state index < -0.39 is 0 Å². The Morgan fingerprint density at radius 3 is 3.00 bits per heavy atom. The number of anilines is 1. The van der Waals surface area contributed by atoms with Crippen LogP contribution in [0.15, 0.2) is 4.34 Å². The number of hydrogen-bond donors (Lipinski definition) is 2. The topological polar surface area (TPSA) is 54.9 Å². The second kappa shape index (κ2) is 4.68. The first-order chi connectivity index (χ1) is 5.76. The van der Waals surface area contributed by atoms with Gasteiger partial charge in [0.2, 0.25) is 11.0 Å². The number of nitrogens with one attached hydrogen (secondary N) is 1. The lowest BCUT2D eigenvalue weighted by Crippen LogP contribution is -2.12. The fourth-order valence-corrected chi connectivity index (χ4v) is 1.77. The predicted molar refractivity (Wildman–Crippen MR) is 54.2 cm³/mol. The Kier molecular flexibility index (Phi) is 3.83. The van der Waals surface area contributed by atoms with Gasteiger partial charge in [0.25, 0.3) is 0 Å². The molecule has 0 unspecified atom stereocenters. The van der Waals surface area contributed by atoms with Crippen molar-refractivity contribution < 1.29 is 4.79 Å². The smallest absolute Gasteiger partial charge is 0.235 e. The number of rotatable bonds is 3. The number of thiol groups is 1. The van der Waals surface area contributed by atoms with Crippen molar-refractivity contribution in [2.75, 3.05) is 17.3 Å². The van der Waals surface area contributed by atoms with Gasteiger partial charge < -0.3 is 0 Å². The van der Waals surface area contributed by atoms with Crippen LogP contribution in [0.4, 0.5) is 5.13 Å². The molecule has 0 saturated carbocycles. The molecular formula is C5H7N3OS3. The van der Waals surface area contributed by atoms with Crippen LogP contribution in [0.25, 0.3) is 0 Å². The van der Waals surface area contributed by atoms with E-state index in [1.165, 1.54) is 23.1 Å². The first-order valence-corrected chi connectivity index (χ1v) is 5.72. The summed E-state index contributed by atoms with van der Waals surface area (Å²) >= 11 is 6.66. The molecule has 12 heavy (non-hydrogen) atoms. The predicted octanol–water partition coefficient (Wildman–Crippen LogP) is 1.13. The Balaban J connectivity index is 2.58. The van der Waals surface area contributed by atoms with E-state index in [9.17, 15) is 4.79 Å². The lowest BCUT2D eigenvalue weighted by molar-refractivity contribution is -0.113. The van der Waals surface area contributed by atoms with E-state index in [0.29, 0.717) is 5.13 Å². The van der Waals surface area contributed by atoms with Crippen LogP contribution in [-0.4, -0.2) is 28.1 Å². The lowest BCUT2D eigenvalue weighted by Gasteiger charge is -1.93. The zero-order valence-corrected chi connectivity index (χ0v) is 8.80. The van der Waals surface area contributed by atoms with E-state index in [2.05, 4.69) is 28.1 Å². The highest BCUT2D eigenvalue weighted by molar-refractivity contribution is 8.00. The van der Waals surface area contributed by atoms with Crippen molar-refractivity contribution in [1.82, 2.24) is 10.2 Å². The van der Waals surface area contributed by atoms with Gasteiger partial charge in [-0.3, -0.25) is 10.1 Å². The standard InChI is InChI=1S/C5H7N3OS3/c1-11-5-8-7-4(12-5)6-3(9)2-10/h10H,2H2,1H3,(H,6,7,9). The molecule has 0 saturated heterocycles. The Bertz CT molecular complexity index is 275. The van der Waals surface area contributed by atoms with Crippen LogP contribution in [0.5, 0.6) is 0 Å². The summed E-state index contributed by atoms with van der Waals surface area (Å²) in [5.74, 6) is -0.00379. The van der Waals surface area contributed by atoms with Crippen molar-refractivity contribution in [3.05, 3.63) is 0 Å². The highest BCUT2D eigenvalue weighted by Gasteiger charge is 2.04. The first-order valence-electron chi connectivity index (χ1n) is 3.04. The van der Waals surface area contributed by atoms with Crippen LogP contribution >= 0.6 is 35.7 Å². The van der Waals surface area contributed by atoms with E-state index in [1.54, 1.807) is 0 Å². The molecule has 1 aromatic heterocycles. The van der Waals surface area contributed by atoms with Gasteiger partial charge in [0.15, 0.2) is 4.34 Å². The molecule has 1 N–H and O–H groups in total. The van der Waals surface area contributed by atoms with Crippen molar-refractivity contribution in [2.45, 2.75) is 4.34 Å². The van der Waals surface area contributed by atoms with Crippen LogP contribution in [0, 0.1) is 0 Å². The summed E-state index contributed by atoms with van der Waals surface area (Å²) in [6, 6.07) is 0. The largest absolute Gasteiger partial charge is 0.300 e. The van der Waals surface area contributed by atoms with Gasteiger partial charge in [-0.05, 0) is 6.26 Å². The van der Waals surface area contributed by atoms with Gasteiger partial charge in [0.1, 0.15) is 0 Å². The van der Waals surface area contributed by atoms with Crippen LogP contribution in [0.1, 0.15) is 0 Å². The van der Waals surface area contributed by atoms with E-state index in [1.807, 2.05) is 6.26 Å². The molecule has 0 aromatic carbocycles. The quantitative estimate of drug-likeness (QED) is 0.456. The zero-order valence-electron chi connectivity index (χ0n) is 6.27. The molecule has 1 heterocycles. The molecule has 0 atom stereocenters. The van der Waals surface area contributed by atoms with Gasteiger partial charge in [-0.1, -0.05) is 23.1 Å². The summed E-state index contributed by atoms with van der Waals surface area (Å²) in [5, 5.41) is 10.7. The maximum atomic E-state index is 10.8. The van der Waals surface area contributed by atoms with E-state index in [0.717, 1.165) is 4.34 Å². The maximum Gasteiger partial charge on any atom is 0.235 e. The summed E-state index contributed by atoms with van der Waals surface area (Å²) in [7, 11) is 0. The second-order valence-electron chi connectivity index (χ2n) is 1.78. The summed E-state index contributed by atoms with van der Waals surface area (Å²) in [6.07, 6.45) is 1.91. The Hall–Kier alpha value is -0.270. The highest BCUT2D eigenvalue weighted by Crippen LogP contribution is 2.22. The summed E-state index contributed by atoms with van der Waals surface area (Å²) in [5.41, 5.74) is 0. The molecule has 0 aliphatic carbocycles. The van der Waals surface area contributed by atoms with Gasteiger partial charge in [0, 0.05) is 0 Å². The number of hydrogen-bond acceptors (Lipinski definition) is 6. The monoisotopic (exact) mass is 221 g/mol. The number of carbonyl (C=O) groups is 1. The molecule has 0 bridgehead atoms. The molecule has 0 radical (unpaired) electrons. The molecule has 1 amide bonds. The SMILES string of the molecule is CSc1nnc(NC(=O)CS)s1. The second-order valence-corrected chi connectivity index (χ2v) is 4.13. The van der Waals surface area contributed by atoms with Crippen LogP contribution in [0.3, 0.4) is 0 Å². The molecule has 0 aliphatic heterocycles. The van der Waals surface area contributed by atoms with E-state index in [4.69, 9.17) is 0 Å². The van der Waals surface area contributed by atoms with Crippen LogP contribution in [-0.2, 0) is 4.79 Å². The molecule has 4 nitrogen and oxygen atoms in total. The first kappa shape index (κ1) is 9.82. The Morgan fingerprint density at radius 2 is 2.50 bits per heavy atom. The van der Waals surface area contributed by atoms with Gasteiger partial charge in [-0.25, -0.2) is 0 Å². The average Bonchev–Trinajstić information content (AvgIpc) is 2.52. The van der Waals surface area contributed by atoms with Crippen LogP contribution in [0.2, 0.25) is 0 Å². The lowest BCUT2D eigenvalue weighted by atomic mass is 10.7. The minimum absolute atomic E-state index is 0.161. The molecule has 66 valence electrons. The number of nitrogens with zero attached hydrogens (tertiary/aromatic N) is 2. The summed E-state index contributed by atoms with van der Waals surface area (Å²) in [6.45, 7) is 0. The molecule has 1 aromatic rings. The van der Waals surface area contributed by atoms with Gasteiger partial charge in [-0.15, -0.1) is 10.2 Å². The minimum Gasteiger partial charge on any atom is -0.300 e. The fraction of sp³-hybridized carbons (Fsp3) is 0.400. The van der Waals surface area contributed by atoms with Crippen molar-refractivity contribution in [3.8, 4) is 0 Å². The third kappa shape index (κ3) is 2.65. The average molecular weight is 221 g/mol. The molecule has 1 rings (SSSR count). The maximum absolute atomic E-state index is 10.8. The van der Waals surface area contributed by atoms with Crippen LogP contribution < -0.4 is 5.32 Å². The fourth-order valence-electron chi connectivity index (χ4n) is 0.502. The van der Waals surface area contributed by atoms with Gasteiger partial charge >= 0.3 is 0 Å². The van der Waals surface area contributed by atoms with Gasteiger partial charge in [-0.2, -0.15) is 12.6 Å². The van der Waals surface area contributed by atoms with E-state index >= 15 is 0 Å². The highest BCUT2D eigenvalue weighted by atomic mass is 32.2. The van der Waals surface area contributed by atoms with Gasteiger partial charge in [0.05, 0.1) is 5.75 Å². The van der Waals surface area contributed by atoms with E-state index in [-0.39, 0.29) is 11.7 Å². The van der Waals surface area contributed by atoms with Crippen molar-refractivity contribution in [3.63, 3.8) is 0 Å². The van der Waals surface area contributed by atoms with Crippen molar-refractivity contribution in [2.24, 2.45) is 0 Å². The Labute approximate surface area is 83.6 Å². The zero-order chi connectivity index (χ0) is 8.97. The Morgan fingerprint density at radius 1 is 1.75 bits per heavy atom. The third-order valence-corrected chi connectivity index (χ3v) is 3.07. The molecular weight excluding hydrogens is 214 g/mol. The third-order valence-electron chi connectivity index (χ3n) is 0.971. The van der Waals surface area contributed by atoms with Crippen molar-refractivity contribution >= 4 is 46.8 Å². The molecule has 0 aliphatic rings.